The van der Waals surface area contributed by atoms with Crippen molar-refractivity contribution < 1.29 is 19.3 Å². The molecule has 0 spiro atoms. The van der Waals surface area contributed by atoms with Gasteiger partial charge in [-0.25, -0.2) is 0 Å². The predicted octanol–water partition coefficient (Wildman–Crippen LogP) is -2.12. The average Bonchev–Trinajstić information content (AvgIpc) is 1.85. The standard InChI is InChI=1S/C4H8BNO4/c5-10-4(9)2(6)1-3(7)8/h2H,1,5-6H2,(H,7,8)/t2-/m0/s1. The zero-order chi connectivity index (χ0) is 8.15. The summed E-state index contributed by atoms with van der Waals surface area (Å²) in [6, 6.07) is -1.05. The van der Waals surface area contributed by atoms with Gasteiger partial charge in [-0.05, 0) is 0 Å². The number of aliphatic carboxylic acids is 1. The van der Waals surface area contributed by atoms with E-state index >= 15 is 0 Å². The smallest absolute Gasteiger partial charge is 0.326 e. The molecule has 0 rings (SSSR count). The minimum Gasteiger partial charge on any atom is -0.542 e. The monoisotopic (exact) mass is 145 g/mol. The van der Waals surface area contributed by atoms with Gasteiger partial charge < -0.3 is 15.5 Å². The Morgan fingerprint density at radius 3 is 2.50 bits per heavy atom. The molecule has 56 valence electrons. The van der Waals surface area contributed by atoms with Crippen LogP contribution in [0.3, 0.4) is 0 Å². The van der Waals surface area contributed by atoms with Crippen molar-refractivity contribution in [2.24, 2.45) is 5.73 Å². The van der Waals surface area contributed by atoms with Crippen LogP contribution < -0.4 is 5.73 Å². The number of carbonyl (C=O) groups is 2. The largest absolute Gasteiger partial charge is 0.542 e. The maximum absolute atomic E-state index is 10.4. The lowest BCUT2D eigenvalue weighted by molar-refractivity contribution is -0.143. The van der Waals surface area contributed by atoms with Crippen LogP contribution in [0, 0.1) is 0 Å². The molecule has 3 N–H and O–H groups in total. The van der Waals surface area contributed by atoms with Crippen molar-refractivity contribution in [2.75, 3.05) is 0 Å². The van der Waals surface area contributed by atoms with Gasteiger partial charge in [-0.2, -0.15) is 0 Å². The van der Waals surface area contributed by atoms with Crippen molar-refractivity contribution >= 4 is 20.0 Å². The predicted molar refractivity (Wildman–Crippen MR) is 34.9 cm³/mol. The molecule has 0 aliphatic rings. The molecule has 0 bridgehead atoms. The Morgan fingerprint density at radius 1 is 1.70 bits per heavy atom. The van der Waals surface area contributed by atoms with E-state index in [1.54, 1.807) is 0 Å². The van der Waals surface area contributed by atoms with Crippen molar-refractivity contribution in [3.05, 3.63) is 0 Å². The van der Waals surface area contributed by atoms with Gasteiger partial charge in [0.2, 0.25) is 0 Å². The van der Waals surface area contributed by atoms with E-state index in [1.807, 2.05) is 0 Å². The van der Waals surface area contributed by atoms with Crippen molar-refractivity contribution in [1.29, 1.82) is 0 Å². The van der Waals surface area contributed by atoms with E-state index in [4.69, 9.17) is 10.8 Å². The van der Waals surface area contributed by atoms with Gasteiger partial charge in [-0.15, -0.1) is 0 Å². The Bertz CT molecular complexity index is 148. The quantitative estimate of drug-likeness (QED) is 0.443. The topological polar surface area (TPSA) is 89.6 Å². The van der Waals surface area contributed by atoms with Gasteiger partial charge in [0.15, 0.2) is 0 Å². The summed E-state index contributed by atoms with van der Waals surface area (Å²) >= 11 is 0. The summed E-state index contributed by atoms with van der Waals surface area (Å²) in [4.78, 5) is 20.4. The number of carbonyl (C=O) groups excluding carboxylic acids is 1. The fraction of sp³-hybridized carbons (Fsp3) is 0.500. The highest BCUT2D eigenvalue weighted by Gasteiger charge is 2.15. The molecule has 0 saturated heterocycles. The lowest BCUT2D eigenvalue weighted by Gasteiger charge is -2.04. The summed E-state index contributed by atoms with van der Waals surface area (Å²) < 4.78 is 4.19. The molecule has 0 heterocycles. The summed E-state index contributed by atoms with van der Waals surface area (Å²) in [6.45, 7) is 0. The number of nitrogens with two attached hydrogens (primary N) is 1. The first-order chi connectivity index (χ1) is 4.57. The molecule has 0 radical (unpaired) electrons. The Morgan fingerprint density at radius 2 is 2.20 bits per heavy atom. The average molecular weight is 145 g/mol. The lowest BCUT2D eigenvalue weighted by atomic mass is 10.2. The zero-order valence-corrected chi connectivity index (χ0v) is 5.53. The van der Waals surface area contributed by atoms with E-state index in [0.29, 0.717) is 0 Å². The second-order valence-corrected chi connectivity index (χ2v) is 1.73. The number of rotatable bonds is 3. The summed E-state index contributed by atoms with van der Waals surface area (Å²) in [5.41, 5.74) is 5.07. The van der Waals surface area contributed by atoms with E-state index < -0.39 is 24.4 Å². The van der Waals surface area contributed by atoms with Crippen molar-refractivity contribution in [2.45, 2.75) is 12.5 Å². The summed E-state index contributed by atoms with van der Waals surface area (Å²) in [7, 11) is 1.16. The van der Waals surface area contributed by atoms with Crippen LogP contribution in [0.25, 0.3) is 0 Å². The SMILES string of the molecule is BOC(=O)[C@@H](N)CC(=O)O. The molecule has 0 aliphatic heterocycles. The normalized spacial score (nSPS) is 12.1. The van der Waals surface area contributed by atoms with E-state index in [2.05, 4.69) is 4.65 Å². The van der Waals surface area contributed by atoms with Crippen LogP contribution in [0.4, 0.5) is 0 Å². The maximum Gasteiger partial charge on any atom is 0.326 e. The van der Waals surface area contributed by atoms with E-state index in [0.717, 1.165) is 8.05 Å². The Kier molecular flexibility index (Phi) is 3.49. The molecule has 1 atom stereocenters. The first kappa shape index (κ1) is 8.96. The molecule has 0 aliphatic carbocycles. The molecule has 10 heavy (non-hydrogen) atoms. The number of carboxylic acid groups (broad SMARTS) is 1. The number of hydrogen-bond acceptors (Lipinski definition) is 4. The molecular formula is C4H8BNO4. The summed E-state index contributed by atoms with van der Waals surface area (Å²) in [6.07, 6.45) is -0.396. The van der Waals surface area contributed by atoms with Gasteiger partial charge in [0.25, 0.3) is 0 Å². The maximum atomic E-state index is 10.4. The van der Waals surface area contributed by atoms with E-state index in [1.165, 1.54) is 0 Å². The van der Waals surface area contributed by atoms with Crippen LogP contribution in [0.1, 0.15) is 6.42 Å². The Hall–Kier alpha value is -1.04. The van der Waals surface area contributed by atoms with Crippen LogP contribution in [-0.4, -0.2) is 31.1 Å². The molecule has 6 heteroatoms. The van der Waals surface area contributed by atoms with Gasteiger partial charge in [-0.1, -0.05) is 0 Å². The molecule has 0 aromatic heterocycles. The van der Waals surface area contributed by atoms with Crippen LogP contribution in [0.15, 0.2) is 0 Å². The van der Waals surface area contributed by atoms with Crippen LogP contribution >= 0.6 is 0 Å². The van der Waals surface area contributed by atoms with Crippen LogP contribution in [-0.2, 0) is 14.2 Å². The third kappa shape index (κ3) is 3.08. The Labute approximate surface area is 58.6 Å². The molecule has 0 amide bonds. The second-order valence-electron chi connectivity index (χ2n) is 1.73. The molecule has 0 unspecified atom stereocenters. The van der Waals surface area contributed by atoms with Gasteiger partial charge in [0.1, 0.15) is 6.04 Å². The van der Waals surface area contributed by atoms with E-state index in [9.17, 15) is 9.59 Å². The molecule has 0 aromatic carbocycles. The minimum atomic E-state index is -1.11. The van der Waals surface area contributed by atoms with E-state index in [-0.39, 0.29) is 0 Å². The van der Waals surface area contributed by atoms with Crippen LogP contribution in [0.5, 0.6) is 0 Å². The number of carboxylic acids is 1. The molecular weight excluding hydrogens is 137 g/mol. The summed E-state index contributed by atoms with van der Waals surface area (Å²) in [5.74, 6) is -1.82. The van der Waals surface area contributed by atoms with Gasteiger partial charge in [0.05, 0.1) is 6.42 Å². The fourth-order valence-electron chi connectivity index (χ4n) is 0.423. The lowest BCUT2D eigenvalue weighted by Crippen LogP contribution is -2.33. The molecule has 5 nitrogen and oxygen atoms in total. The van der Waals surface area contributed by atoms with Gasteiger partial charge in [-0.3, -0.25) is 9.59 Å². The highest BCUT2D eigenvalue weighted by atomic mass is 16.5. The third-order valence-corrected chi connectivity index (χ3v) is 0.898. The van der Waals surface area contributed by atoms with Gasteiger partial charge >= 0.3 is 20.0 Å². The van der Waals surface area contributed by atoms with Crippen molar-refractivity contribution in [3.8, 4) is 0 Å². The Balaban J connectivity index is 3.72. The third-order valence-electron chi connectivity index (χ3n) is 0.898. The minimum absolute atomic E-state index is 0.396. The van der Waals surface area contributed by atoms with Crippen molar-refractivity contribution in [1.82, 2.24) is 0 Å². The highest BCUT2D eigenvalue weighted by Crippen LogP contribution is 1.89. The van der Waals surface area contributed by atoms with Gasteiger partial charge in [0, 0.05) is 0 Å². The molecule has 0 fully saturated rings. The first-order valence-corrected chi connectivity index (χ1v) is 2.63. The van der Waals surface area contributed by atoms with Crippen LogP contribution in [0.2, 0.25) is 0 Å². The fourth-order valence-corrected chi connectivity index (χ4v) is 0.423. The zero-order valence-electron chi connectivity index (χ0n) is 5.53. The second kappa shape index (κ2) is 3.89. The first-order valence-electron chi connectivity index (χ1n) is 2.63. The van der Waals surface area contributed by atoms with Crippen molar-refractivity contribution in [3.63, 3.8) is 0 Å². The summed E-state index contributed by atoms with van der Waals surface area (Å²) in [5, 5.41) is 8.14. The molecule has 0 aromatic rings. The number of hydrogen-bond donors (Lipinski definition) is 2. The highest BCUT2D eigenvalue weighted by molar-refractivity contribution is 6.06. The molecule has 0 saturated carbocycles.